The van der Waals surface area contributed by atoms with E-state index in [9.17, 15) is 0 Å². The summed E-state index contributed by atoms with van der Waals surface area (Å²) in [6.45, 7) is 7.66. The summed E-state index contributed by atoms with van der Waals surface area (Å²) in [7, 11) is 1.00. The lowest BCUT2D eigenvalue weighted by molar-refractivity contribution is 0.399. The average Bonchev–Trinajstić information content (AvgIpc) is 2.26. The van der Waals surface area contributed by atoms with Crippen LogP contribution in [-0.2, 0) is 6.42 Å². The molecule has 1 rings (SSSR count). The second-order valence-electron chi connectivity index (χ2n) is 1.98. The van der Waals surface area contributed by atoms with E-state index in [0.29, 0.717) is 0 Å². The van der Waals surface area contributed by atoms with Crippen molar-refractivity contribution < 1.29 is 5.11 Å². The van der Waals surface area contributed by atoms with Crippen LogP contribution < -0.4 is 0 Å². The minimum absolute atomic E-state index is 0.973. The Morgan fingerprint density at radius 2 is 1.62 bits per heavy atom. The first-order chi connectivity index (χ1) is 6.43. The molecule has 1 N–H and O–H groups in total. The highest BCUT2D eigenvalue weighted by Crippen LogP contribution is 1.98. The van der Waals surface area contributed by atoms with E-state index in [1.54, 1.807) is 0 Å². The number of hydrogen-bond acceptors (Lipinski definition) is 1. The van der Waals surface area contributed by atoms with Crippen molar-refractivity contribution >= 4 is 0 Å². The molecule has 0 saturated heterocycles. The fourth-order valence-electron chi connectivity index (χ4n) is 0.781. The van der Waals surface area contributed by atoms with Gasteiger partial charge in [0.05, 0.1) is 0 Å². The molecule has 0 fully saturated rings. The molecule has 1 nitrogen and oxygen atoms in total. The summed E-state index contributed by atoms with van der Waals surface area (Å²) in [5, 5.41) is 7.00. The van der Waals surface area contributed by atoms with Gasteiger partial charge in [-0.1, -0.05) is 50.3 Å². The van der Waals surface area contributed by atoms with Crippen LogP contribution in [0.3, 0.4) is 0 Å². The summed E-state index contributed by atoms with van der Waals surface area (Å²) in [4.78, 5) is 0. The van der Waals surface area contributed by atoms with Gasteiger partial charge in [-0.15, -0.1) is 6.58 Å². The van der Waals surface area contributed by atoms with Crippen molar-refractivity contribution in [3.8, 4) is 0 Å². The van der Waals surface area contributed by atoms with E-state index < -0.39 is 0 Å². The summed E-state index contributed by atoms with van der Waals surface area (Å²) < 4.78 is 0. The van der Waals surface area contributed by atoms with Crippen LogP contribution in [0.5, 0.6) is 0 Å². The monoisotopic (exact) mass is 180 g/mol. The van der Waals surface area contributed by atoms with E-state index in [1.165, 1.54) is 5.56 Å². The molecule has 0 unspecified atom stereocenters. The Morgan fingerprint density at radius 3 is 2.00 bits per heavy atom. The maximum atomic E-state index is 7.00. The van der Waals surface area contributed by atoms with Crippen LogP contribution in [0.25, 0.3) is 0 Å². The molecular weight excluding hydrogens is 160 g/mol. The Labute approximate surface area is 81.7 Å². The SMILES string of the molecule is C=CCc1ccccc1.CC.CO. The summed E-state index contributed by atoms with van der Waals surface area (Å²) in [6, 6.07) is 10.3. The van der Waals surface area contributed by atoms with Crippen LogP contribution in [0, 0.1) is 0 Å². The van der Waals surface area contributed by atoms with Crippen molar-refractivity contribution in [2.45, 2.75) is 20.3 Å². The molecular formula is C12H20O. The van der Waals surface area contributed by atoms with E-state index in [4.69, 9.17) is 5.11 Å². The van der Waals surface area contributed by atoms with Gasteiger partial charge in [0, 0.05) is 7.11 Å². The van der Waals surface area contributed by atoms with Crippen LogP contribution in [0.4, 0.5) is 0 Å². The normalized spacial score (nSPS) is 7.08. The summed E-state index contributed by atoms with van der Waals surface area (Å²) in [6.07, 6.45) is 2.89. The maximum absolute atomic E-state index is 7.00. The number of aliphatic hydroxyl groups excluding tert-OH is 1. The van der Waals surface area contributed by atoms with Crippen molar-refractivity contribution in [3.05, 3.63) is 48.6 Å². The maximum Gasteiger partial charge on any atom is 0.0319 e. The van der Waals surface area contributed by atoms with Crippen LogP contribution in [0.15, 0.2) is 43.0 Å². The molecule has 0 radical (unpaired) electrons. The zero-order valence-corrected chi connectivity index (χ0v) is 8.83. The molecule has 0 spiro atoms. The minimum atomic E-state index is 0.973. The highest BCUT2D eigenvalue weighted by Gasteiger charge is 1.82. The average molecular weight is 180 g/mol. The molecule has 74 valence electrons. The van der Waals surface area contributed by atoms with Crippen LogP contribution >= 0.6 is 0 Å². The van der Waals surface area contributed by atoms with Gasteiger partial charge in [-0.05, 0) is 12.0 Å². The molecule has 1 heteroatoms. The van der Waals surface area contributed by atoms with Gasteiger partial charge in [0.1, 0.15) is 0 Å². The van der Waals surface area contributed by atoms with E-state index in [2.05, 4.69) is 18.7 Å². The third-order valence-electron chi connectivity index (χ3n) is 1.22. The largest absolute Gasteiger partial charge is 0.400 e. The standard InChI is InChI=1S/C9H10.C2H6.CH4O/c1-2-6-9-7-4-3-5-8-9;2*1-2/h2-5,7-8H,1,6H2;1-2H3;2H,1H3. The topological polar surface area (TPSA) is 20.2 Å². The van der Waals surface area contributed by atoms with Crippen LogP contribution in [-0.4, -0.2) is 12.2 Å². The molecule has 13 heavy (non-hydrogen) atoms. The molecule has 1 aromatic carbocycles. The second-order valence-corrected chi connectivity index (χ2v) is 1.98. The molecule has 0 aromatic heterocycles. The van der Waals surface area contributed by atoms with Crippen LogP contribution in [0.2, 0.25) is 0 Å². The lowest BCUT2D eigenvalue weighted by Gasteiger charge is -1.91. The zero-order valence-electron chi connectivity index (χ0n) is 8.83. The third kappa shape index (κ3) is 8.83. The summed E-state index contributed by atoms with van der Waals surface area (Å²) in [5.41, 5.74) is 1.33. The molecule has 1 aromatic rings. The van der Waals surface area contributed by atoms with Crippen LogP contribution in [0.1, 0.15) is 19.4 Å². The van der Waals surface area contributed by atoms with Crippen molar-refractivity contribution in [2.24, 2.45) is 0 Å². The van der Waals surface area contributed by atoms with Gasteiger partial charge in [0.15, 0.2) is 0 Å². The first-order valence-corrected chi connectivity index (χ1v) is 4.53. The highest BCUT2D eigenvalue weighted by molar-refractivity contribution is 5.16. The van der Waals surface area contributed by atoms with Crippen molar-refractivity contribution in [1.82, 2.24) is 0 Å². The molecule has 0 bridgehead atoms. The minimum Gasteiger partial charge on any atom is -0.400 e. The summed E-state index contributed by atoms with van der Waals surface area (Å²) >= 11 is 0. The quantitative estimate of drug-likeness (QED) is 0.693. The summed E-state index contributed by atoms with van der Waals surface area (Å²) in [5.74, 6) is 0. The van der Waals surface area contributed by atoms with Gasteiger partial charge in [-0.3, -0.25) is 0 Å². The molecule has 0 heterocycles. The number of rotatable bonds is 2. The van der Waals surface area contributed by atoms with Crippen molar-refractivity contribution in [2.75, 3.05) is 7.11 Å². The molecule has 0 aliphatic carbocycles. The van der Waals surface area contributed by atoms with Gasteiger partial charge in [-0.25, -0.2) is 0 Å². The van der Waals surface area contributed by atoms with E-state index in [0.717, 1.165) is 13.5 Å². The fraction of sp³-hybridized carbons (Fsp3) is 0.333. The molecule has 0 atom stereocenters. The first kappa shape index (κ1) is 14.4. The molecule has 0 aliphatic heterocycles. The Bertz CT molecular complexity index is 180. The van der Waals surface area contributed by atoms with Gasteiger partial charge >= 0.3 is 0 Å². The van der Waals surface area contributed by atoms with Crippen molar-refractivity contribution in [3.63, 3.8) is 0 Å². The molecule has 0 aliphatic rings. The Balaban J connectivity index is 0. The predicted molar refractivity (Wildman–Crippen MR) is 59.8 cm³/mol. The number of allylic oxidation sites excluding steroid dienone is 1. The Morgan fingerprint density at radius 1 is 1.15 bits per heavy atom. The van der Waals surface area contributed by atoms with E-state index in [1.807, 2.05) is 38.1 Å². The second kappa shape index (κ2) is 13.5. The lowest BCUT2D eigenvalue weighted by atomic mass is 10.2. The smallest absolute Gasteiger partial charge is 0.0319 e. The number of hydrogen-bond donors (Lipinski definition) is 1. The van der Waals surface area contributed by atoms with Gasteiger partial charge in [-0.2, -0.15) is 0 Å². The molecule has 0 amide bonds. The lowest BCUT2D eigenvalue weighted by Crippen LogP contribution is -1.75. The van der Waals surface area contributed by atoms with E-state index in [-0.39, 0.29) is 0 Å². The van der Waals surface area contributed by atoms with E-state index >= 15 is 0 Å². The highest BCUT2D eigenvalue weighted by atomic mass is 16.2. The van der Waals surface area contributed by atoms with Crippen molar-refractivity contribution in [1.29, 1.82) is 0 Å². The predicted octanol–water partition coefficient (Wildman–Crippen LogP) is 3.05. The Hall–Kier alpha value is -1.08. The zero-order chi connectivity index (χ0) is 10.5. The number of benzene rings is 1. The van der Waals surface area contributed by atoms with Gasteiger partial charge < -0.3 is 5.11 Å². The Kier molecular flexibility index (Phi) is 15.0. The van der Waals surface area contributed by atoms with Gasteiger partial charge in [0.2, 0.25) is 0 Å². The third-order valence-corrected chi connectivity index (χ3v) is 1.22. The fourth-order valence-corrected chi connectivity index (χ4v) is 0.781. The van der Waals surface area contributed by atoms with Gasteiger partial charge in [0.25, 0.3) is 0 Å². The molecule has 0 saturated carbocycles. The number of aliphatic hydroxyl groups is 1. The first-order valence-electron chi connectivity index (χ1n) is 4.53.